The molecule has 6 heteroatoms. The van der Waals surface area contributed by atoms with Gasteiger partial charge in [0.15, 0.2) is 17.2 Å². The van der Waals surface area contributed by atoms with Crippen LogP contribution in [0.5, 0.6) is 17.2 Å². The monoisotopic (exact) mass is 394 g/mol. The first-order chi connectivity index (χ1) is 14.2. The first-order valence-electron chi connectivity index (χ1n) is 9.54. The summed E-state index contributed by atoms with van der Waals surface area (Å²) in [5.41, 5.74) is 2.75. The molecule has 0 radical (unpaired) electrons. The molecule has 0 amide bonds. The molecule has 1 heterocycles. The Hall–Kier alpha value is -3.17. The van der Waals surface area contributed by atoms with Gasteiger partial charge in [0, 0.05) is 25.7 Å². The van der Waals surface area contributed by atoms with Gasteiger partial charge in [0.25, 0.3) is 0 Å². The molecule has 0 atom stereocenters. The van der Waals surface area contributed by atoms with Crippen molar-refractivity contribution in [3.05, 3.63) is 76.9 Å². The largest absolute Gasteiger partial charge is 0.497 e. The van der Waals surface area contributed by atoms with E-state index in [0.717, 1.165) is 30.0 Å². The van der Waals surface area contributed by atoms with Gasteiger partial charge >= 0.3 is 0 Å². The maximum Gasteiger partial charge on any atom is 0.185 e. The second kappa shape index (κ2) is 10.4. The maximum absolute atomic E-state index is 7.49. The maximum atomic E-state index is 7.49. The molecule has 3 rings (SSSR count). The van der Waals surface area contributed by atoms with Crippen LogP contribution in [0.4, 0.5) is 0 Å². The van der Waals surface area contributed by atoms with Crippen LogP contribution in [0.1, 0.15) is 11.1 Å². The van der Waals surface area contributed by atoms with Crippen molar-refractivity contribution >= 4 is 0 Å². The number of hydrogen-bond donors (Lipinski definition) is 0. The Morgan fingerprint density at radius 1 is 1.03 bits per heavy atom. The van der Waals surface area contributed by atoms with Crippen LogP contribution < -0.4 is 14.2 Å². The molecule has 0 aliphatic carbocycles. The summed E-state index contributed by atoms with van der Waals surface area (Å²) in [6.07, 6.45) is 2.49. The molecule has 1 aliphatic heterocycles. The first-order valence-corrected chi connectivity index (χ1v) is 9.54. The van der Waals surface area contributed by atoms with E-state index in [1.807, 2.05) is 48.7 Å². The number of allylic oxidation sites excluding steroid dienone is 1. The van der Waals surface area contributed by atoms with Crippen LogP contribution in [-0.4, -0.2) is 45.4 Å². The predicted octanol–water partition coefficient (Wildman–Crippen LogP) is 3.92. The molecule has 0 aromatic heterocycles. The number of rotatable bonds is 8. The summed E-state index contributed by atoms with van der Waals surface area (Å²) in [5, 5.41) is 0. The van der Waals surface area contributed by atoms with Gasteiger partial charge in [-0.25, -0.2) is 4.85 Å². The minimum absolute atomic E-state index is 0.434. The average Bonchev–Trinajstić information content (AvgIpc) is 2.78. The van der Waals surface area contributed by atoms with Gasteiger partial charge < -0.3 is 23.8 Å². The Kier molecular flexibility index (Phi) is 7.37. The van der Waals surface area contributed by atoms with E-state index in [9.17, 15) is 0 Å². The first kappa shape index (κ1) is 20.6. The molecule has 0 bridgehead atoms. The number of morpholine rings is 1. The van der Waals surface area contributed by atoms with Crippen LogP contribution in [0.3, 0.4) is 0 Å². The van der Waals surface area contributed by atoms with E-state index in [0.29, 0.717) is 43.4 Å². The third kappa shape index (κ3) is 5.90. The van der Waals surface area contributed by atoms with E-state index < -0.39 is 0 Å². The van der Waals surface area contributed by atoms with Crippen molar-refractivity contribution in [2.75, 3.05) is 40.5 Å². The zero-order chi connectivity index (χ0) is 20.5. The standard InChI is InChI=1S/C23H26N2O4/c1-24-20(16-25-10-12-28-13-11-25)14-19-6-9-22(23(15-19)27-3)29-17-18-4-7-21(26-2)8-5-18/h4-9,15-16H,10-14,17H2,2-3H3/b20-16-. The van der Waals surface area contributed by atoms with Crippen LogP contribution in [0.15, 0.2) is 54.4 Å². The number of ether oxygens (including phenoxy) is 4. The van der Waals surface area contributed by atoms with Crippen LogP contribution in [-0.2, 0) is 17.8 Å². The summed E-state index contributed by atoms with van der Waals surface area (Å²) in [4.78, 5) is 5.83. The summed E-state index contributed by atoms with van der Waals surface area (Å²) in [7, 11) is 3.27. The van der Waals surface area contributed by atoms with E-state index in [1.54, 1.807) is 14.2 Å². The third-order valence-corrected chi connectivity index (χ3v) is 4.69. The lowest BCUT2D eigenvalue weighted by Gasteiger charge is -2.25. The summed E-state index contributed by atoms with van der Waals surface area (Å²) < 4.78 is 22.0. The fourth-order valence-corrected chi connectivity index (χ4v) is 3.06. The molecule has 2 aromatic rings. The minimum atomic E-state index is 0.434. The average molecular weight is 394 g/mol. The second-order valence-corrected chi connectivity index (χ2v) is 6.68. The van der Waals surface area contributed by atoms with Crippen molar-refractivity contribution in [2.45, 2.75) is 13.0 Å². The van der Waals surface area contributed by atoms with Gasteiger partial charge in [-0.2, -0.15) is 0 Å². The lowest BCUT2D eigenvalue weighted by atomic mass is 10.1. The Morgan fingerprint density at radius 3 is 2.41 bits per heavy atom. The topological polar surface area (TPSA) is 44.5 Å². The Balaban J connectivity index is 1.65. The minimum Gasteiger partial charge on any atom is -0.497 e. The van der Waals surface area contributed by atoms with Crippen molar-refractivity contribution in [1.29, 1.82) is 0 Å². The van der Waals surface area contributed by atoms with E-state index >= 15 is 0 Å². The molecule has 0 spiro atoms. The van der Waals surface area contributed by atoms with E-state index in [4.69, 9.17) is 25.5 Å². The van der Waals surface area contributed by atoms with Crippen molar-refractivity contribution in [2.24, 2.45) is 0 Å². The van der Waals surface area contributed by atoms with Crippen LogP contribution in [0.25, 0.3) is 4.85 Å². The highest BCUT2D eigenvalue weighted by Gasteiger charge is 2.11. The summed E-state index contributed by atoms with van der Waals surface area (Å²) >= 11 is 0. The van der Waals surface area contributed by atoms with Crippen LogP contribution in [0.2, 0.25) is 0 Å². The summed E-state index contributed by atoms with van der Waals surface area (Å²) in [5.74, 6) is 2.15. The zero-order valence-electron chi connectivity index (χ0n) is 16.9. The molecular weight excluding hydrogens is 368 g/mol. The zero-order valence-corrected chi connectivity index (χ0v) is 16.9. The molecule has 1 saturated heterocycles. The molecule has 29 heavy (non-hydrogen) atoms. The normalized spacial score (nSPS) is 14.2. The fraction of sp³-hybridized carbons (Fsp3) is 0.348. The number of benzene rings is 2. The summed E-state index contributed by atoms with van der Waals surface area (Å²) in [6, 6.07) is 13.6. The highest BCUT2D eigenvalue weighted by Crippen LogP contribution is 2.30. The van der Waals surface area contributed by atoms with Crippen molar-refractivity contribution < 1.29 is 18.9 Å². The smallest absolute Gasteiger partial charge is 0.185 e. The number of methoxy groups -OCH3 is 2. The van der Waals surface area contributed by atoms with Gasteiger partial charge in [0.1, 0.15) is 12.4 Å². The molecule has 6 nitrogen and oxygen atoms in total. The highest BCUT2D eigenvalue weighted by atomic mass is 16.5. The van der Waals surface area contributed by atoms with Gasteiger partial charge in [-0.1, -0.05) is 18.2 Å². The third-order valence-electron chi connectivity index (χ3n) is 4.69. The highest BCUT2D eigenvalue weighted by molar-refractivity contribution is 5.44. The molecular formula is C23H26N2O4. The van der Waals surface area contributed by atoms with Gasteiger partial charge in [-0.15, -0.1) is 0 Å². The lowest BCUT2D eigenvalue weighted by molar-refractivity contribution is 0.0591. The Bertz CT molecular complexity index is 865. The molecule has 152 valence electrons. The SMILES string of the molecule is [C-]#[N+]/C(=C\N1CCOCC1)Cc1ccc(OCc2ccc(OC)cc2)c(OC)c1. The number of nitrogens with zero attached hydrogens (tertiary/aromatic N) is 2. The molecule has 0 unspecified atom stereocenters. The van der Waals surface area contributed by atoms with Crippen molar-refractivity contribution in [3.8, 4) is 17.2 Å². The molecule has 1 aliphatic rings. The van der Waals surface area contributed by atoms with E-state index in [2.05, 4.69) is 9.74 Å². The van der Waals surface area contributed by atoms with Gasteiger partial charge in [-0.05, 0) is 35.4 Å². The molecule has 0 saturated carbocycles. The second-order valence-electron chi connectivity index (χ2n) is 6.68. The van der Waals surface area contributed by atoms with Gasteiger partial charge in [-0.3, -0.25) is 0 Å². The van der Waals surface area contributed by atoms with E-state index in [-0.39, 0.29) is 0 Å². The Labute approximate surface area is 172 Å². The molecule has 1 fully saturated rings. The summed E-state index contributed by atoms with van der Waals surface area (Å²) in [6.45, 7) is 11.0. The van der Waals surface area contributed by atoms with Gasteiger partial charge in [0.05, 0.1) is 34.0 Å². The van der Waals surface area contributed by atoms with Crippen LogP contribution in [0, 0.1) is 6.57 Å². The predicted molar refractivity (Wildman–Crippen MR) is 111 cm³/mol. The Morgan fingerprint density at radius 2 is 1.76 bits per heavy atom. The van der Waals surface area contributed by atoms with E-state index in [1.165, 1.54) is 0 Å². The quantitative estimate of drug-likeness (QED) is 0.635. The van der Waals surface area contributed by atoms with Crippen molar-refractivity contribution in [3.63, 3.8) is 0 Å². The number of hydrogen-bond acceptors (Lipinski definition) is 5. The van der Waals surface area contributed by atoms with Crippen LogP contribution >= 0.6 is 0 Å². The van der Waals surface area contributed by atoms with Crippen molar-refractivity contribution in [1.82, 2.24) is 4.90 Å². The molecule has 0 N–H and O–H groups in total. The van der Waals surface area contributed by atoms with Gasteiger partial charge in [0.2, 0.25) is 0 Å². The fourth-order valence-electron chi connectivity index (χ4n) is 3.06. The lowest BCUT2D eigenvalue weighted by Crippen LogP contribution is -2.32. The molecule has 2 aromatic carbocycles.